The molecule has 0 saturated carbocycles. The Morgan fingerprint density at radius 1 is 1.22 bits per heavy atom. The third-order valence-electron chi connectivity index (χ3n) is 3.72. The summed E-state index contributed by atoms with van der Waals surface area (Å²) >= 11 is 0. The number of carbonyl (C=O) groups excluding carboxylic acids is 1. The molecule has 0 spiro atoms. The number of amides is 1. The van der Waals surface area contributed by atoms with Crippen molar-refractivity contribution in [2.75, 3.05) is 0 Å². The molecular formula is C16H19N3O4. The SMILES string of the molecule is CC(C)C(NC(=O)C(C)n1cnc2ccccc2c1=O)C(=O)O. The van der Waals surface area contributed by atoms with Crippen molar-refractivity contribution < 1.29 is 14.7 Å². The lowest BCUT2D eigenvalue weighted by molar-refractivity contribution is -0.143. The van der Waals surface area contributed by atoms with Crippen molar-refractivity contribution in [1.82, 2.24) is 14.9 Å². The average Bonchev–Trinajstić information content (AvgIpc) is 2.51. The second-order valence-electron chi connectivity index (χ2n) is 5.72. The summed E-state index contributed by atoms with van der Waals surface area (Å²) in [6.45, 7) is 4.94. The molecule has 0 radical (unpaired) electrons. The van der Waals surface area contributed by atoms with Crippen LogP contribution in [0.4, 0.5) is 0 Å². The zero-order chi connectivity index (χ0) is 17.1. The summed E-state index contributed by atoms with van der Waals surface area (Å²) in [5.74, 6) is -1.91. The number of nitrogens with zero attached hydrogens (tertiary/aromatic N) is 2. The van der Waals surface area contributed by atoms with Crippen molar-refractivity contribution in [1.29, 1.82) is 0 Å². The van der Waals surface area contributed by atoms with Gasteiger partial charge in [-0.3, -0.25) is 14.2 Å². The molecule has 1 heterocycles. The lowest BCUT2D eigenvalue weighted by atomic mass is 10.0. The van der Waals surface area contributed by atoms with Gasteiger partial charge in [0.15, 0.2) is 0 Å². The molecule has 2 atom stereocenters. The second kappa shape index (κ2) is 6.60. The van der Waals surface area contributed by atoms with Crippen molar-refractivity contribution in [3.05, 3.63) is 40.9 Å². The van der Waals surface area contributed by atoms with E-state index >= 15 is 0 Å². The molecule has 2 N–H and O–H groups in total. The highest BCUT2D eigenvalue weighted by molar-refractivity contribution is 5.86. The van der Waals surface area contributed by atoms with E-state index in [1.165, 1.54) is 17.8 Å². The smallest absolute Gasteiger partial charge is 0.326 e. The highest BCUT2D eigenvalue weighted by atomic mass is 16.4. The molecule has 1 aromatic heterocycles. The Morgan fingerprint density at radius 3 is 2.48 bits per heavy atom. The van der Waals surface area contributed by atoms with E-state index < -0.39 is 24.0 Å². The summed E-state index contributed by atoms with van der Waals surface area (Å²) in [5, 5.41) is 12.0. The molecule has 7 heteroatoms. The molecule has 2 unspecified atom stereocenters. The first-order valence-electron chi connectivity index (χ1n) is 7.32. The molecule has 122 valence electrons. The van der Waals surface area contributed by atoms with Crippen LogP contribution in [0, 0.1) is 5.92 Å². The van der Waals surface area contributed by atoms with Crippen LogP contribution in [-0.2, 0) is 9.59 Å². The molecule has 0 aliphatic heterocycles. The number of carboxylic acids is 1. The highest BCUT2D eigenvalue weighted by Gasteiger charge is 2.26. The van der Waals surface area contributed by atoms with Crippen LogP contribution in [0.5, 0.6) is 0 Å². The van der Waals surface area contributed by atoms with Gasteiger partial charge in [-0.05, 0) is 25.0 Å². The molecule has 23 heavy (non-hydrogen) atoms. The Labute approximate surface area is 133 Å². The lowest BCUT2D eigenvalue weighted by Gasteiger charge is -2.21. The number of hydrogen-bond donors (Lipinski definition) is 2. The van der Waals surface area contributed by atoms with Crippen LogP contribution in [0.2, 0.25) is 0 Å². The van der Waals surface area contributed by atoms with Crippen molar-refractivity contribution in [3.63, 3.8) is 0 Å². The van der Waals surface area contributed by atoms with Crippen molar-refractivity contribution >= 4 is 22.8 Å². The fraction of sp³-hybridized carbons (Fsp3) is 0.375. The van der Waals surface area contributed by atoms with Gasteiger partial charge in [-0.2, -0.15) is 0 Å². The number of fused-ring (bicyclic) bond motifs is 1. The number of aromatic nitrogens is 2. The molecule has 0 aliphatic carbocycles. The van der Waals surface area contributed by atoms with Gasteiger partial charge in [0.05, 0.1) is 17.2 Å². The zero-order valence-electron chi connectivity index (χ0n) is 13.2. The van der Waals surface area contributed by atoms with E-state index in [2.05, 4.69) is 10.3 Å². The summed E-state index contributed by atoms with van der Waals surface area (Å²) in [5.41, 5.74) is 0.210. The molecule has 0 fully saturated rings. The van der Waals surface area contributed by atoms with Crippen LogP contribution in [0.1, 0.15) is 26.8 Å². The van der Waals surface area contributed by atoms with E-state index in [4.69, 9.17) is 5.11 Å². The first kappa shape index (κ1) is 16.7. The molecule has 2 rings (SSSR count). The Balaban J connectivity index is 2.31. The van der Waals surface area contributed by atoms with Crippen LogP contribution >= 0.6 is 0 Å². The Kier molecular flexibility index (Phi) is 4.78. The molecule has 1 aromatic carbocycles. The summed E-state index contributed by atoms with van der Waals surface area (Å²) in [4.78, 5) is 40.1. The van der Waals surface area contributed by atoms with Gasteiger partial charge in [0, 0.05) is 0 Å². The zero-order valence-corrected chi connectivity index (χ0v) is 13.2. The van der Waals surface area contributed by atoms with Gasteiger partial charge >= 0.3 is 5.97 Å². The number of carboxylic acid groups (broad SMARTS) is 1. The van der Waals surface area contributed by atoms with E-state index in [0.717, 1.165) is 0 Å². The van der Waals surface area contributed by atoms with E-state index in [-0.39, 0.29) is 11.5 Å². The predicted octanol–water partition coefficient (Wildman–Crippen LogP) is 1.18. The number of hydrogen-bond acceptors (Lipinski definition) is 4. The normalized spacial score (nSPS) is 13.7. The molecule has 0 saturated heterocycles. The summed E-state index contributed by atoms with van der Waals surface area (Å²) in [6.07, 6.45) is 1.31. The van der Waals surface area contributed by atoms with E-state index in [1.807, 2.05) is 0 Å². The number of aliphatic carboxylic acids is 1. The quantitative estimate of drug-likeness (QED) is 0.862. The topological polar surface area (TPSA) is 101 Å². The maximum Gasteiger partial charge on any atom is 0.326 e. The van der Waals surface area contributed by atoms with Crippen molar-refractivity contribution in [3.8, 4) is 0 Å². The molecule has 0 aliphatic rings. The van der Waals surface area contributed by atoms with Gasteiger partial charge < -0.3 is 10.4 Å². The fourth-order valence-corrected chi connectivity index (χ4v) is 2.27. The maximum absolute atomic E-state index is 12.5. The summed E-state index contributed by atoms with van der Waals surface area (Å²) in [6, 6.07) is 4.98. The lowest BCUT2D eigenvalue weighted by Crippen LogP contribution is -2.47. The van der Waals surface area contributed by atoms with Crippen molar-refractivity contribution in [2.24, 2.45) is 5.92 Å². The van der Waals surface area contributed by atoms with Crippen LogP contribution in [-0.4, -0.2) is 32.6 Å². The van der Waals surface area contributed by atoms with Crippen LogP contribution in [0.25, 0.3) is 10.9 Å². The minimum atomic E-state index is -1.11. The fourth-order valence-electron chi connectivity index (χ4n) is 2.27. The number of carbonyl (C=O) groups is 2. The second-order valence-corrected chi connectivity index (χ2v) is 5.72. The highest BCUT2D eigenvalue weighted by Crippen LogP contribution is 2.10. The van der Waals surface area contributed by atoms with Gasteiger partial charge in [0.2, 0.25) is 5.91 Å². The Bertz CT molecular complexity index is 797. The third-order valence-corrected chi connectivity index (χ3v) is 3.72. The van der Waals surface area contributed by atoms with Gasteiger partial charge in [-0.15, -0.1) is 0 Å². The molecular weight excluding hydrogens is 298 g/mol. The molecule has 2 aromatic rings. The van der Waals surface area contributed by atoms with Crippen molar-refractivity contribution in [2.45, 2.75) is 32.9 Å². The maximum atomic E-state index is 12.5. The van der Waals surface area contributed by atoms with Crippen LogP contribution in [0.3, 0.4) is 0 Å². The van der Waals surface area contributed by atoms with Gasteiger partial charge in [0.25, 0.3) is 5.56 Å². The third kappa shape index (κ3) is 3.39. The van der Waals surface area contributed by atoms with Crippen LogP contribution < -0.4 is 10.9 Å². The number of rotatable bonds is 5. The van der Waals surface area contributed by atoms with Gasteiger partial charge in [-0.1, -0.05) is 26.0 Å². The number of benzene rings is 1. The number of nitrogens with one attached hydrogen (secondary N) is 1. The molecule has 7 nitrogen and oxygen atoms in total. The standard InChI is InChI=1S/C16H19N3O4/c1-9(2)13(16(22)23)18-14(20)10(3)19-8-17-12-7-5-4-6-11(12)15(19)21/h4-10,13H,1-3H3,(H,18,20)(H,22,23). The predicted molar refractivity (Wildman–Crippen MR) is 85.1 cm³/mol. The first-order chi connectivity index (χ1) is 10.8. The molecule has 0 bridgehead atoms. The Morgan fingerprint density at radius 2 is 1.87 bits per heavy atom. The largest absolute Gasteiger partial charge is 0.480 e. The summed E-state index contributed by atoms with van der Waals surface area (Å²) in [7, 11) is 0. The molecule has 1 amide bonds. The van der Waals surface area contributed by atoms with E-state index in [0.29, 0.717) is 10.9 Å². The minimum absolute atomic E-state index is 0.268. The van der Waals surface area contributed by atoms with E-state index in [1.54, 1.807) is 38.1 Å². The van der Waals surface area contributed by atoms with Gasteiger partial charge in [-0.25, -0.2) is 9.78 Å². The van der Waals surface area contributed by atoms with E-state index in [9.17, 15) is 14.4 Å². The summed E-state index contributed by atoms with van der Waals surface area (Å²) < 4.78 is 1.21. The average molecular weight is 317 g/mol. The first-order valence-corrected chi connectivity index (χ1v) is 7.32. The minimum Gasteiger partial charge on any atom is -0.480 e. The monoisotopic (exact) mass is 317 g/mol. The number of para-hydroxylation sites is 1. The van der Waals surface area contributed by atoms with Crippen LogP contribution in [0.15, 0.2) is 35.4 Å². The van der Waals surface area contributed by atoms with Gasteiger partial charge in [0.1, 0.15) is 12.1 Å². The Hall–Kier alpha value is -2.70.